The minimum Gasteiger partial charge on any atom is -0.352 e. The highest BCUT2D eigenvalue weighted by atomic mass is 16.2. The monoisotopic (exact) mass is 317 g/mol. The Morgan fingerprint density at radius 2 is 2.04 bits per heavy atom. The highest BCUT2D eigenvalue weighted by Gasteiger charge is 2.23. The van der Waals surface area contributed by atoms with Crippen LogP contribution in [0.25, 0.3) is 0 Å². The third kappa shape index (κ3) is 5.67. The molecule has 5 nitrogen and oxygen atoms in total. The van der Waals surface area contributed by atoms with Crippen molar-refractivity contribution in [2.75, 3.05) is 33.2 Å². The number of hydrogen-bond acceptors (Lipinski definition) is 3. The molecule has 0 radical (unpaired) electrons. The second-order valence-corrected chi connectivity index (χ2v) is 6.13. The van der Waals surface area contributed by atoms with E-state index >= 15 is 0 Å². The molecule has 2 N–H and O–H groups in total. The van der Waals surface area contributed by atoms with E-state index < -0.39 is 0 Å². The van der Waals surface area contributed by atoms with Crippen molar-refractivity contribution in [3.05, 3.63) is 35.9 Å². The molecule has 1 heterocycles. The van der Waals surface area contributed by atoms with Crippen LogP contribution in [0.2, 0.25) is 0 Å². The summed E-state index contributed by atoms with van der Waals surface area (Å²) in [5, 5.41) is 6.06. The molecule has 1 aromatic carbocycles. The van der Waals surface area contributed by atoms with Crippen LogP contribution >= 0.6 is 0 Å². The summed E-state index contributed by atoms with van der Waals surface area (Å²) in [5.74, 6) is 0.548. The van der Waals surface area contributed by atoms with Crippen LogP contribution in [0.5, 0.6) is 0 Å². The second-order valence-electron chi connectivity index (χ2n) is 6.13. The Labute approximate surface area is 138 Å². The summed E-state index contributed by atoms with van der Waals surface area (Å²) < 4.78 is 0. The first-order chi connectivity index (χ1) is 11.2. The molecule has 2 rings (SSSR count). The lowest BCUT2D eigenvalue weighted by Crippen LogP contribution is -2.43. The van der Waals surface area contributed by atoms with E-state index in [1.54, 1.807) is 0 Å². The first kappa shape index (κ1) is 17.5. The molecule has 0 aliphatic carbocycles. The average molecular weight is 317 g/mol. The van der Waals surface area contributed by atoms with Gasteiger partial charge in [-0.2, -0.15) is 0 Å². The standard InChI is InChI=1S/C18H27N3O2/c1-19-11-5-10-17(22)21-12-6-7-15(14-21)13-20-18(23)16-8-3-2-4-9-16/h2-4,8-9,15,19H,5-7,10-14H2,1H3,(H,20,23). The smallest absolute Gasteiger partial charge is 0.251 e. The van der Waals surface area contributed by atoms with Crippen molar-refractivity contribution in [1.82, 2.24) is 15.5 Å². The molecule has 1 unspecified atom stereocenters. The van der Waals surface area contributed by atoms with Crippen molar-refractivity contribution in [3.8, 4) is 0 Å². The maximum absolute atomic E-state index is 12.2. The van der Waals surface area contributed by atoms with Crippen LogP contribution < -0.4 is 10.6 Å². The summed E-state index contributed by atoms with van der Waals surface area (Å²) in [5.41, 5.74) is 0.684. The minimum atomic E-state index is -0.0388. The number of rotatable bonds is 7. The van der Waals surface area contributed by atoms with Crippen molar-refractivity contribution in [2.24, 2.45) is 5.92 Å². The Bertz CT molecular complexity index is 504. The topological polar surface area (TPSA) is 61.4 Å². The van der Waals surface area contributed by atoms with E-state index in [0.29, 0.717) is 24.4 Å². The molecule has 1 aliphatic rings. The lowest BCUT2D eigenvalue weighted by atomic mass is 9.97. The quantitative estimate of drug-likeness (QED) is 0.752. The molecule has 0 saturated carbocycles. The molecule has 0 bridgehead atoms. The van der Waals surface area contributed by atoms with Gasteiger partial charge in [0.2, 0.25) is 5.91 Å². The fourth-order valence-electron chi connectivity index (χ4n) is 2.96. The van der Waals surface area contributed by atoms with Crippen molar-refractivity contribution >= 4 is 11.8 Å². The van der Waals surface area contributed by atoms with Crippen LogP contribution in [0.3, 0.4) is 0 Å². The van der Waals surface area contributed by atoms with Crippen LogP contribution in [0.1, 0.15) is 36.0 Å². The van der Waals surface area contributed by atoms with E-state index in [4.69, 9.17) is 0 Å². The van der Waals surface area contributed by atoms with Crippen molar-refractivity contribution < 1.29 is 9.59 Å². The molecule has 23 heavy (non-hydrogen) atoms. The lowest BCUT2D eigenvalue weighted by Gasteiger charge is -2.33. The molecule has 5 heteroatoms. The normalized spacial score (nSPS) is 17.8. The second kappa shape index (κ2) is 9.30. The Balaban J connectivity index is 1.75. The Hall–Kier alpha value is -1.88. The molecule has 0 aromatic heterocycles. The predicted molar refractivity (Wildman–Crippen MR) is 91.2 cm³/mol. The molecular weight excluding hydrogens is 290 g/mol. The van der Waals surface area contributed by atoms with Gasteiger partial charge < -0.3 is 15.5 Å². The van der Waals surface area contributed by atoms with Gasteiger partial charge >= 0.3 is 0 Å². The number of piperidine rings is 1. The molecule has 1 aliphatic heterocycles. The third-order valence-electron chi connectivity index (χ3n) is 4.28. The molecule has 1 fully saturated rings. The summed E-state index contributed by atoms with van der Waals surface area (Å²) in [7, 11) is 1.90. The van der Waals surface area contributed by atoms with Crippen LogP contribution in [0, 0.1) is 5.92 Å². The largest absolute Gasteiger partial charge is 0.352 e. The van der Waals surface area contributed by atoms with E-state index in [0.717, 1.165) is 38.9 Å². The van der Waals surface area contributed by atoms with Gasteiger partial charge in [0.05, 0.1) is 0 Å². The number of benzene rings is 1. The Morgan fingerprint density at radius 3 is 2.78 bits per heavy atom. The number of nitrogens with zero attached hydrogens (tertiary/aromatic N) is 1. The SMILES string of the molecule is CNCCCC(=O)N1CCCC(CNC(=O)c2ccccc2)C1. The van der Waals surface area contributed by atoms with Gasteiger partial charge in [0.15, 0.2) is 0 Å². The zero-order valence-electron chi connectivity index (χ0n) is 13.9. The molecular formula is C18H27N3O2. The van der Waals surface area contributed by atoms with Crippen LogP contribution in [0.4, 0.5) is 0 Å². The van der Waals surface area contributed by atoms with E-state index in [-0.39, 0.29) is 11.8 Å². The number of carbonyl (C=O) groups excluding carboxylic acids is 2. The van der Waals surface area contributed by atoms with Gasteiger partial charge in [-0.15, -0.1) is 0 Å². The third-order valence-corrected chi connectivity index (χ3v) is 4.28. The van der Waals surface area contributed by atoms with Crippen LogP contribution in [-0.2, 0) is 4.79 Å². The summed E-state index contributed by atoms with van der Waals surface area (Å²) in [6, 6.07) is 9.25. The summed E-state index contributed by atoms with van der Waals surface area (Å²) in [6.07, 6.45) is 3.56. The predicted octanol–water partition coefficient (Wildman–Crippen LogP) is 1.65. The fraction of sp³-hybridized carbons (Fsp3) is 0.556. The first-order valence-corrected chi connectivity index (χ1v) is 8.46. The van der Waals surface area contributed by atoms with Gasteiger partial charge in [-0.25, -0.2) is 0 Å². The van der Waals surface area contributed by atoms with Gasteiger partial charge in [-0.3, -0.25) is 9.59 Å². The summed E-state index contributed by atoms with van der Waals surface area (Å²) >= 11 is 0. The number of likely N-dealkylation sites (tertiary alicyclic amines) is 1. The molecule has 0 spiro atoms. The number of hydrogen-bond donors (Lipinski definition) is 2. The van der Waals surface area contributed by atoms with Crippen molar-refractivity contribution in [3.63, 3.8) is 0 Å². The van der Waals surface area contributed by atoms with Crippen molar-refractivity contribution in [2.45, 2.75) is 25.7 Å². The maximum Gasteiger partial charge on any atom is 0.251 e. The summed E-state index contributed by atoms with van der Waals surface area (Å²) in [4.78, 5) is 26.2. The zero-order valence-corrected chi connectivity index (χ0v) is 13.9. The lowest BCUT2D eigenvalue weighted by molar-refractivity contribution is -0.133. The molecule has 1 saturated heterocycles. The van der Waals surface area contributed by atoms with E-state index in [2.05, 4.69) is 10.6 Å². The zero-order chi connectivity index (χ0) is 16.5. The number of carbonyl (C=O) groups is 2. The average Bonchev–Trinajstić information content (AvgIpc) is 2.61. The highest BCUT2D eigenvalue weighted by Crippen LogP contribution is 2.17. The molecule has 2 amide bonds. The Kier molecular flexibility index (Phi) is 7.07. The van der Waals surface area contributed by atoms with Crippen molar-refractivity contribution in [1.29, 1.82) is 0 Å². The molecule has 126 valence electrons. The number of nitrogens with one attached hydrogen (secondary N) is 2. The fourth-order valence-corrected chi connectivity index (χ4v) is 2.96. The molecule has 1 atom stereocenters. The van der Waals surface area contributed by atoms with Gasteiger partial charge in [0.25, 0.3) is 5.91 Å². The minimum absolute atomic E-state index is 0.0388. The first-order valence-electron chi connectivity index (χ1n) is 8.46. The van der Waals surface area contributed by atoms with Gasteiger partial charge in [0.1, 0.15) is 0 Å². The Morgan fingerprint density at radius 1 is 1.26 bits per heavy atom. The van der Waals surface area contributed by atoms with E-state index in [1.165, 1.54) is 0 Å². The number of amides is 2. The maximum atomic E-state index is 12.2. The van der Waals surface area contributed by atoms with Gasteiger partial charge in [0, 0.05) is 31.6 Å². The van der Waals surface area contributed by atoms with Gasteiger partial charge in [-0.05, 0) is 50.9 Å². The van der Waals surface area contributed by atoms with Crippen LogP contribution in [-0.4, -0.2) is 49.9 Å². The van der Waals surface area contributed by atoms with E-state index in [9.17, 15) is 9.59 Å². The van der Waals surface area contributed by atoms with Crippen LogP contribution in [0.15, 0.2) is 30.3 Å². The summed E-state index contributed by atoms with van der Waals surface area (Å²) in [6.45, 7) is 3.11. The molecule has 1 aromatic rings. The van der Waals surface area contributed by atoms with Gasteiger partial charge in [-0.1, -0.05) is 18.2 Å². The van der Waals surface area contributed by atoms with E-state index in [1.807, 2.05) is 42.3 Å². The highest BCUT2D eigenvalue weighted by molar-refractivity contribution is 5.94.